The first-order valence-corrected chi connectivity index (χ1v) is 8.08. The maximum atomic E-state index is 12.5. The van der Waals surface area contributed by atoms with Crippen molar-refractivity contribution in [1.29, 1.82) is 0 Å². The summed E-state index contributed by atoms with van der Waals surface area (Å²) in [4.78, 5) is 14.5. The summed E-state index contributed by atoms with van der Waals surface area (Å²) in [6.45, 7) is 1.01. The van der Waals surface area contributed by atoms with Crippen LogP contribution in [0.25, 0.3) is 0 Å². The van der Waals surface area contributed by atoms with E-state index in [1.54, 1.807) is 0 Å². The number of carbonyl (C=O) groups excluding carboxylic acids is 1. The molecule has 104 valence electrons. The number of hydrogen-bond donors (Lipinski definition) is 1. The monoisotopic (exact) mass is 389 g/mol. The molecule has 1 unspecified atom stereocenters. The zero-order chi connectivity index (χ0) is 13.8. The number of amides is 1. The molecular weight excluding hydrogens is 374 g/mol. The molecule has 19 heavy (non-hydrogen) atoms. The molecule has 1 amide bonds. The van der Waals surface area contributed by atoms with Crippen LogP contribution >= 0.6 is 31.9 Å². The van der Waals surface area contributed by atoms with Gasteiger partial charge in [0.15, 0.2) is 0 Å². The zero-order valence-electron chi connectivity index (χ0n) is 10.6. The van der Waals surface area contributed by atoms with Crippen LogP contribution in [0.15, 0.2) is 27.1 Å². The van der Waals surface area contributed by atoms with E-state index in [0.29, 0.717) is 5.56 Å². The molecule has 0 aromatic heterocycles. The van der Waals surface area contributed by atoms with Crippen LogP contribution in [0, 0.1) is 0 Å². The van der Waals surface area contributed by atoms with Gasteiger partial charge in [0.05, 0.1) is 0 Å². The Morgan fingerprint density at radius 3 is 2.63 bits per heavy atom. The van der Waals surface area contributed by atoms with Crippen molar-refractivity contribution in [2.45, 2.75) is 31.7 Å². The molecule has 0 bridgehead atoms. The van der Waals surface area contributed by atoms with Gasteiger partial charge in [-0.3, -0.25) is 4.79 Å². The molecule has 0 saturated carbocycles. The molecule has 0 spiro atoms. The lowest BCUT2D eigenvalue weighted by molar-refractivity contribution is 0.0724. The van der Waals surface area contributed by atoms with Crippen molar-refractivity contribution in [2.24, 2.45) is 0 Å². The number of rotatable bonds is 4. The van der Waals surface area contributed by atoms with Crippen molar-refractivity contribution < 1.29 is 9.90 Å². The number of halogens is 2. The van der Waals surface area contributed by atoms with Crippen LogP contribution in [-0.2, 0) is 0 Å². The maximum absolute atomic E-state index is 12.5. The largest absolute Gasteiger partial charge is 0.396 e. The van der Waals surface area contributed by atoms with E-state index in [4.69, 9.17) is 5.11 Å². The Morgan fingerprint density at radius 2 is 2.00 bits per heavy atom. The van der Waals surface area contributed by atoms with Gasteiger partial charge >= 0.3 is 0 Å². The molecule has 1 saturated heterocycles. The van der Waals surface area contributed by atoms with Crippen LogP contribution in [0.5, 0.6) is 0 Å². The van der Waals surface area contributed by atoms with E-state index in [-0.39, 0.29) is 18.6 Å². The number of hydrogen-bond acceptors (Lipinski definition) is 2. The fourth-order valence-electron chi connectivity index (χ4n) is 2.57. The van der Waals surface area contributed by atoms with Crippen LogP contribution in [0.3, 0.4) is 0 Å². The molecule has 0 aliphatic carbocycles. The molecule has 1 N–H and O–H groups in total. The second kappa shape index (κ2) is 6.86. The summed E-state index contributed by atoms with van der Waals surface area (Å²) in [5.74, 6) is 0.0856. The molecule has 1 aromatic rings. The number of nitrogens with zero attached hydrogens (tertiary/aromatic N) is 1. The molecule has 1 aromatic carbocycles. The Labute approximate surface area is 130 Å². The average molecular weight is 391 g/mol. The molecule has 1 heterocycles. The lowest BCUT2D eigenvalue weighted by Crippen LogP contribution is -2.35. The predicted octanol–water partition coefficient (Wildman–Crippen LogP) is 3.59. The number of aliphatic hydroxyl groups is 1. The fourth-order valence-corrected chi connectivity index (χ4v) is 3.87. The highest BCUT2D eigenvalue weighted by atomic mass is 79.9. The first kappa shape index (κ1) is 15.0. The second-order valence-electron chi connectivity index (χ2n) is 4.82. The Bertz CT molecular complexity index is 445. The van der Waals surface area contributed by atoms with E-state index in [0.717, 1.165) is 41.2 Å². The molecule has 5 heteroatoms. The minimum absolute atomic E-state index is 0.0856. The van der Waals surface area contributed by atoms with Gasteiger partial charge in [-0.05, 0) is 43.9 Å². The van der Waals surface area contributed by atoms with Crippen molar-refractivity contribution in [3.63, 3.8) is 0 Å². The van der Waals surface area contributed by atoms with Crippen LogP contribution in [0.2, 0.25) is 0 Å². The summed E-state index contributed by atoms with van der Waals surface area (Å²) >= 11 is 6.83. The molecule has 0 radical (unpaired) electrons. The van der Waals surface area contributed by atoms with Gasteiger partial charge in [-0.1, -0.05) is 31.9 Å². The Morgan fingerprint density at radius 1 is 1.32 bits per heavy atom. The van der Waals surface area contributed by atoms with Crippen molar-refractivity contribution >= 4 is 37.8 Å². The van der Waals surface area contributed by atoms with Crippen LogP contribution in [-0.4, -0.2) is 35.1 Å². The van der Waals surface area contributed by atoms with Gasteiger partial charge in [0, 0.05) is 33.7 Å². The molecule has 3 nitrogen and oxygen atoms in total. The maximum Gasteiger partial charge on any atom is 0.254 e. The summed E-state index contributed by atoms with van der Waals surface area (Å²) in [7, 11) is 0. The summed E-state index contributed by atoms with van der Waals surface area (Å²) in [5, 5.41) is 8.93. The first-order chi connectivity index (χ1) is 9.11. The summed E-state index contributed by atoms with van der Waals surface area (Å²) in [6.07, 6.45) is 3.74. The minimum Gasteiger partial charge on any atom is -0.396 e. The molecule has 1 aliphatic rings. The summed E-state index contributed by atoms with van der Waals surface area (Å²) in [6, 6.07) is 5.91. The fraction of sp³-hybridized carbons (Fsp3) is 0.500. The minimum atomic E-state index is 0.0856. The van der Waals surface area contributed by atoms with Gasteiger partial charge in [-0.2, -0.15) is 0 Å². The molecule has 1 atom stereocenters. The van der Waals surface area contributed by atoms with Crippen molar-refractivity contribution in [2.75, 3.05) is 13.2 Å². The van der Waals surface area contributed by atoms with E-state index in [9.17, 15) is 4.79 Å². The van der Waals surface area contributed by atoms with Gasteiger partial charge in [0.1, 0.15) is 0 Å². The molecular formula is C14H17Br2NO2. The quantitative estimate of drug-likeness (QED) is 0.853. The highest BCUT2D eigenvalue weighted by molar-refractivity contribution is 9.11. The smallest absolute Gasteiger partial charge is 0.254 e. The van der Waals surface area contributed by atoms with Crippen LogP contribution in [0.1, 0.15) is 36.0 Å². The van der Waals surface area contributed by atoms with Gasteiger partial charge in [0.25, 0.3) is 5.91 Å². The lowest BCUT2D eigenvalue weighted by Gasteiger charge is -2.24. The van der Waals surface area contributed by atoms with Crippen molar-refractivity contribution in [3.8, 4) is 0 Å². The van der Waals surface area contributed by atoms with Crippen molar-refractivity contribution in [1.82, 2.24) is 4.90 Å². The van der Waals surface area contributed by atoms with Crippen LogP contribution < -0.4 is 0 Å². The third-order valence-electron chi connectivity index (χ3n) is 3.44. The van der Waals surface area contributed by atoms with Gasteiger partial charge in [0.2, 0.25) is 0 Å². The highest BCUT2D eigenvalue weighted by Gasteiger charge is 2.29. The molecule has 1 fully saturated rings. The average Bonchev–Trinajstić information content (AvgIpc) is 2.82. The number of benzene rings is 1. The third kappa shape index (κ3) is 3.80. The van der Waals surface area contributed by atoms with E-state index < -0.39 is 0 Å². The summed E-state index contributed by atoms with van der Waals surface area (Å²) in [5.41, 5.74) is 0.706. The van der Waals surface area contributed by atoms with E-state index in [1.165, 1.54) is 0 Å². The predicted molar refractivity (Wildman–Crippen MR) is 82.2 cm³/mol. The first-order valence-electron chi connectivity index (χ1n) is 6.49. The summed E-state index contributed by atoms with van der Waals surface area (Å²) < 4.78 is 1.80. The number of aliphatic hydroxyl groups excluding tert-OH is 1. The van der Waals surface area contributed by atoms with E-state index >= 15 is 0 Å². The van der Waals surface area contributed by atoms with Crippen LogP contribution in [0.4, 0.5) is 0 Å². The SMILES string of the molecule is O=C(c1cc(Br)cc(Br)c1)N1CCCC1CCCO. The number of carbonyl (C=O) groups is 1. The zero-order valence-corrected chi connectivity index (χ0v) is 13.8. The standard InChI is InChI=1S/C14H17Br2NO2/c15-11-7-10(8-12(16)9-11)14(19)17-5-1-3-13(17)4-2-6-18/h7-9,13,18H,1-6H2. The van der Waals surface area contributed by atoms with Gasteiger partial charge < -0.3 is 10.0 Å². The molecule has 2 rings (SSSR count). The Kier molecular flexibility index (Phi) is 5.42. The number of likely N-dealkylation sites (tertiary alicyclic amines) is 1. The second-order valence-corrected chi connectivity index (χ2v) is 6.65. The Balaban J connectivity index is 2.13. The lowest BCUT2D eigenvalue weighted by atomic mass is 10.1. The third-order valence-corrected chi connectivity index (χ3v) is 4.36. The highest BCUT2D eigenvalue weighted by Crippen LogP contribution is 2.26. The topological polar surface area (TPSA) is 40.5 Å². The van der Waals surface area contributed by atoms with E-state index in [1.807, 2.05) is 23.1 Å². The Hall–Kier alpha value is -0.390. The van der Waals surface area contributed by atoms with E-state index in [2.05, 4.69) is 31.9 Å². The van der Waals surface area contributed by atoms with Gasteiger partial charge in [-0.25, -0.2) is 0 Å². The normalized spacial score (nSPS) is 18.9. The van der Waals surface area contributed by atoms with Gasteiger partial charge in [-0.15, -0.1) is 0 Å². The molecule has 1 aliphatic heterocycles. The van der Waals surface area contributed by atoms with Crippen molar-refractivity contribution in [3.05, 3.63) is 32.7 Å².